The van der Waals surface area contributed by atoms with Gasteiger partial charge in [0.15, 0.2) is 0 Å². The van der Waals surface area contributed by atoms with Crippen LogP contribution in [0.5, 0.6) is 5.75 Å². The molecule has 0 fully saturated rings. The Morgan fingerprint density at radius 1 is 1.32 bits per heavy atom. The van der Waals surface area contributed by atoms with Crippen molar-refractivity contribution in [1.82, 2.24) is 0 Å². The lowest BCUT2D eigenvalue weighted by atomic mass is 10.1. The van der Waals surface area contributed by atoms with E-state index in [1.165, 1.54) is 29.0 Å². The lowest BCUT2D eigenvalue weighted by Crippen LogP contribution is -1.97. The van der Waals surface area contributed by atoms with Crippen molar-refractivity contribution in [3.8, 4) is 5.75 Å². The van der Waals surface area contributed by atoms with Crippen molar-refractivity contribution in [2.75, 3.05) is 7.11 Å². The van der Waals surface area contributed by atoms with Crippen LogP contribution in [0.25, 0.3) is 0 Å². The van der Waals surface area contributed by atoms with Gasteiger partial charge in [0.25, 0.3) is 0 Å². The zero-order valence-corrected chi connectivity index (χ0v) is 12.2. The molecule has 0 saturated carbocycles. The lowest BCUT2D eigenvalue weighted by Gasteiger charge is -2.13. The van der Waals surface area contributed by atoms with E-state index in [0.29, 0.717) is 11.3 Å². The number of aryl methyl sites for hydroxylation is 2. The van der Waals surface area contributed by atoms with Crippen molar-refractivity contribution in [1.29, 1.82) is 0 Å². The van der Waals surface area contributed by atoms with Gasteiger partial charge in [-0.15, -0.1) is 22.9 Å². The standard InChI is InChI=1S/C15H14ClFOS/c1-18-12-6-5-10(17)8-11(12)15(16)14-7-9-3-2-4-13(9)19-14/h5-8,15H,2-4H2,1H3. The van der Waals surface area contributed by atoms with Crippen molar-refractivity contribution >= 4 is 22.9 Å². The molecule has 3 rings (SSSR count). The molecule has 1 nitrogen and oxygen atoms in total. The topological polar surface area (TPSA) is 9.23 Å². The highest BCUT2D eigenvalue weighted by molar-refractivity contribution is 7.12. The van der Waals surface area contributed by atoms with Gasteiger partial charge in [0.05, 0.1) is 12.5 Å². The zero-order valence-electron chi connectivity index (χ0n) is 10.6. The monoisotopic (exact) mass is 296 g/mol. The number of hydrogen-bond donors (Lipinski definition) is 0. The fourth-order valence-corrected chi connectivity index (χ4v) is 4.16. The molecular weight excluding hydrogens is 283 g/mol. The molecule has 100 valence electrons. The highest BCUT2D eigenvalue weighted by atomic mass is 35.5. The quantitative estimate of drug-likeness (QED) is 0.745. The Kier molecular flexibility index (Phi) is 3.50. The molecular formula is C15H14ClFOS. The number of fused-ring (bicyclic) bond motifs is 1. The van der Waals surface area contributed by atoms with E-state index < -0.39 is 0 Å². The molecule has 1 aliphatic rings. The van der Waals surface area contributed by atoms with Gasteiger partial charge in [0.2, 0.25) is 0 Å². The van der Waals surface area contributed by atoms with Crippen LogP contribution in [0.4, 0.5) is 4.39 Å². The Morgan fingerprint density at radius 2 is 2.16 bits per heavy atom. The molecule has 0 saturated heterocycles. The van der Waals surface area contributed by atoms with Gasteiger partial charge in [-0.05, 0) is 49.1 Å². The van der Waals surface area contributed by atoms with E-state index in [9.17, 15) is 4.39 Å². The highest BCUT2D eigenvalue weighted by Crippen LogP contribution is 2.41. The van der Waals surface area contributed by atoms with Crippen molar-refractivity contribution < 1.29 is 9.13 Å². The minimum Gasteiger partial charge on any atom is -0.496 e. The van der Waals surface area contributed by atoms with Gasteiger partial charge in [-0.25, -0.2) is 4.39 Å². The number of rotatable bonds is 3. The van der Waals surface area contributed by atoms with Crippen molar-refractivity contribution in [3.05, 3.63) is 51.0 Å². The summed E-state index contributed by atoms with van der Waals surface area (Å²) in [5, 5.41) is -0.346. The first-order valence-electron chi connectivity index (χ1n) is 6.28. The fraction of sp³-hybridized carbons (Fsp3) is 0.333. The van der Waals surface area contributed by atoms with Crippen LogP contribution in [0.2, 0.25) is 0 Å². The summed E-state index contributed by atoms with van der Waals surface area (Å²) in [7, 11) is 1.58. The zero-order chi connectivity index (χ0) is 13.4. The Labute approximate surface area is 121 Å². The summed E-state index contributed by atoms with van der Waals surface area (Å²) >= 11 is 8.26. The fourth-order valence-electron chi connectivity index (χ4n) is 2.53. The maximum Gasteiger partial charge on any atom is 0.124 e. The normalized spacial score (nSPS) is 15.3. The Morgan fingerprint density at radius 3 is 2.89 bits per heavy atom. The van der Waals surface area contributed by atoms with E-state index in [0.717, 1.165) is 17.7 Å². The van der Waals surface area contributed by atoms with E-state index >= 15 is 0 Å². The van der Waals surface area contributed by atoms with Crippen LogP contribution in [0.15, 0.2) is 24.3 Å². The minimum absolute atomic E-state index is 0.287. The molecule has 1 aliphatic carbocycles. The second-order valence-electron chi connectivity index (χ2n) is 4.70. The van der Waals surface area contributed by atoms with Crippen molar-refractivity contribution in [3.63, 3.8) is 0 Å². The minimum atomic E-state index is -0.346. The van der Waals surface area contributed by atoms with Gasteiger partial charge in [-0.2, -0.15) is 0 Å². The summed E-state index contributed by atoms with van der Waals surface area (Å²) < 4.78 is 18.7. The highest BCUT2D eigenvalue weighted by Gasteiger charge is 2.22. The van der Waals surface area contributed by atoms with Gasteiger partial charge in [-0.1, -0.05) is 0 Å². The molecule has 1 atom stereocenters. The molecule has 0 N–H and O–H groups in total. The molecule has 0 spiro atoms. The Hall–Kier alpha value is -1.06. The van der Waals surface area contributed by atoms with E-state index in [2.05, 4.69) is 6.07 Å². The van der Waals surface area contributed by atoms with Gasteiger partial charge >= 0.3 is 0 Å². The van der Waals surface area contributed by atoms with Crippen LogP contribution in [-0.4, -0.2) is 7.11 Å². The molecule has 0 amide bonds. The Balaban J connectivity index is 1.98. The van der Waals surface area contributed by atoms with E-state index in [1.807, 2.05) is 0 Å². The molecule has 1 heterocycles. The molecule has 0 aliphatic heterocycles. The molecule has 0 radical (unpaired) electrons. The molecule has 19 heavy (non-hydrogen) atoms. The predicted octanol–water partition coefficient (Wildman–Crippen LogP) is 4.71. The number of methoxy groups -OCH3 is 1. The third-order valence-electron chi connectivity index (χ3n) is 3.48. The lowest BCUT2D eigenvalue weighted by molar-refractivity contribution is 0.409. The first kappa shape index (κ1) is 12.9. The largest absolute Gasteiger partial charge is 0.496 e. The Bertz CT molecular complexity index is 587. The number of hydrogen-bond acceptors (Lipinski definition) is 2. The molecule has 0 bridgehead atoms. The molecule has 2 aromatic rings. The van der Waals surface area contributed by atoms with Crippen molar-refractivity contribution in [2.24, 2.45) is 0 Å². The smallest absolute Gasteiger partial charge is 0.124 e. The van der Waals surface area contributed by atoms with Gasteiger partial charge in [0, 0.05) is 15.3 Å². The van der Waals surface area contributed by atoms with Crippen LogP contribution in [-0.2, 0) is 12.8 Å². The number of ether oxygens (including phenoxy) is 1. The second kappa shape index (κ2) is 5.14. The SMILES string of the molecule is COc1ccc(F)cc1C(Cl)c1cc2c(s1)CCC2. The summed E-state index contributed by atoms with van der Waals surface area (Å²) in [5.74, 6) is 0.348. The van der Waals surface area contributed by atoms with Crippen LogP contribution in [0, 0.1) is 5.82 Å². The second-order valence-corrected chi connectivity index (χ2v) is 6.30. The van der Waals surface area contributed by atoms with Gasteiger partial charge in [0.1, 0.15) is 11.6 Å². The molecule has 1 aromatic heterocycles. The average Bonchev–Trinajstić information content (AvgIpc) is 2.98. The van der Waals surface area contributed by atoms with E-state index in [-0.39, 0.29) is 11.2 Å². The summed E-state index contributed by atoms with van der Waals surface area (Å²) in [6.07, 6.45) is 3.51. The van der Waals surface area contributed by atoms with Crippen LogP contribution in [0.1, 0.15) is 32.7 Å². The predicted molar refractivity (Wildman–Crippen MR) is 77.0 cm³/mol. The maximum absolute atomic E-state index is 13.4. The van der Waals surface area contributed by atoms with Crippen LogP contribution >= 0.6 is 22.9 Å². The molecule has 1 aromatic carbocycles. The maximum atomic E-state index is 13.4. The number of alkyl halides is 1. The van der Waals surface area contributed by atoms with Gasteiger partial charge < -0.3 is 4.74 Å². The van der Waals surface area contributed by atoms with E-state index in [4.69, 9.17) is 16.3 Å². The van der Waals surface area contributed by atoms with E-state index in [1.54, 1.807) is 24.5 Å². The molecule has 1 unspecified atom stereocenters. The number of halogens is 2. The summed E-state index contributed by atoms with van der Waals surface area (Å²) in [6, 6.07) is 6.64. The summed E-state index contributed by atoms with van der Waals surface area (Å²) in [4.78, 5) is 2.51. The van der Waals surface area contributed by atoms with Crippen LogP contribution in [0.3, 0.4) is 0 Å². The third kappa shape index (κ3) is 2.37. The van der Waals surface area contributed by atoms with Crippen molar-refractivity contribution in [2.45, 2.75) is 24.6 Å². The first-order chi connectivity index (χ1) is 9.19. The van der Waals surface area contributed by atoms with Crippen LogP contribution < -0.4 is 4.74 Å². The number of benzene rings is 1. The first-order valence-corrected chi connectivity index (χ1v) is 7.53. The number of thiophene rings is 1. The summed E-state index contributed by atoms with van der Waals surface area (Å²) in [5.41, 5.74) is 2.10. The average molecular weight is 297 g/mol. The summed E-state index contributed by atoms with van der Waals surface area (Å²) in [6.45, 7) is 0. The van der Waals surface area contributed by atoms with Gasteiger partial charge in [-0.3, -0.25) is 0 Å². The molecule has 4 heteroatoms. The third-order valence-corrected chi connectivity index (χ3v) is 5.38.